The van der Waals surface area contributed by atoms with Gasteiger partial charge < -0.3 is 5.73 Å². The van der Waals surface area contributed by atoms with Crippen molar-refractivity contribution in [2.24, 2.45) is 0 Å². The van der Waals surface area contributed by atoms with Crippen molar-refractivity contribution in [2.75, 3.05) is 31.9 Å². The molecule has 0 spiro atoms. The number of hydrogen-bond donors (Lipinski definition) is 1. The molecule has 2 heterocycles. The lowest BCUT2D eigenvalue weighted by Crippen LogP contribution is -2.56. The molecule has 1 unspecified atom stereocenters. The van der Waals surface area contributed by atoms with E-state index in [0.717, 1.165) is 19.5 Å². The van der Waals surface area contributed by atoms with Gasteiger partial charge in [-0.3, -0.25) is 4.90 Å². The number of anilines is 1. The van der Waals surface area contributed by atoms with Crippen molar-refractivity contribution < 1.29 is 8.42 Å². The molecule has 116 valence electrons. The number of rotatable bonds is 2. The van der Waals surface area contributed by atoms with Crippen LogP contribution in [0.4, 0.5) is 5.69 Å². The normalized spacial score (nSPS) is 24.7. The Morgan fingerprint density at radius 3 is 2.76 bits per heavy atom. The summed E-state index contributed by atoms with van der Waals surface area (Å²) in [5.41, 5.74) is 6.06. The fourth-order valence-electron chi connectivity index (χ4n) is 3.27. The molecule has 0 aliphatic carbocycles. The summed E-state index contributed by atoms with van der Waals surface area (Å²) in [5, 5.41) is 0.195. The van der Waals surface area contributed by atoms with Gasteiger partial charge in [0.25, 0.3) is 0 Å². The second kappa shape index (κ2) is 5.76. The molecule has 1 aromatic carbocycles. The summed E-state index contributed by atoms with van der Waals surface area (Å²) in [6, 6.07) is 5.14. The molecule has 2 N–H and O–H groups in total. The Hall–Kier alpha value is -0.820. The first-order chi connectivity index (χ1) is 10.00. The van der Waals surface area contributed by atoms with Crippen molar-refractivity contribution in [1.29, 1.82) is 0 Å². The highest BCUT2D eigenvalue weighted by Gasteiger charge is 2.36. The molecule has 0 amide bonds. The van der Waals surface area contributed by atoms with E-state index < -0.39 is 10.0 Å². The smallest absolute Gasteiger partial charge is 0.246 e. The van der Waals surface area contributed by atoms with E-state index in [1.165, 1.54) is 17.1 Å². The molecule has 5 nitrogen and oxygen atoms in total. The van der Waals surface area contributed by atoms with Crippen molar-refractivity contribution in [3.05, 3.63) is 23.2 Å². The molecule has 21 heavy (non-hydrogen) atoms. The number of halogens is 1. The molecule has 3 rings (SSSR count). The monoisotopic (exact) mass is 329 g/mol. The van der Waals surface area contributed by atoms with E-state index >= 15 is 0 Å². The van der Waals surface area contributed by atoms with E-state index in [0.29, 0.717) is 19.1 Å². The third-order valence-corrected chi connectivity index (χ3v) is 6.81. The van der Waals surface area contributed by atoms with Gasteiger partial charge in [-0.25, -0.2) is 8.42 Å². The van der Waals surface area contributed by atoms with Crippen molar-refractivity contribution in [1.82, 2.24) is 9.21 Å². The molecular formula is C14H20ClN3O2S. The fourth-order valence-corrected chi connectivity index (χ4v) is 5.38. The van der Waals surface area contributed by atoms with Gasteiger partial charge in [0.15, 0.2) is 0 Å². The zero-order valence-electron chi connectivity index (χ0n) is 11.8. The summed E-state index contributed by atoms with van der Waals surface area (Å²) in [6.07, 6.45) is 3.44. The summed E-state index contributed by atoms with van der Waals surface area (Å²) in [6.45, 7) is 2.90. The van der Waals surface area contributed by atoms with Crippen LogP contribution in [0.3, 0.4) is 0 Å². The first kappa shape index (κ1) is 15.1. The molecule has 2 saturated heterocycles. The van der Waals surface area contributed by atoms with Crippen molar-refractivity contribution in [3.8, 4) is 0 Å². The lowest BCUT2D eigenvalue weighted by atomic mass is 10.0. The summed E-state index contributed by atoms with van der Waals surface area (Å²) >= 11 is 6.07. The van der Waals surface area contributed by atoms with E-state index in [9.17, 15) is 8.42 Å². The zero-order chi connectivity index (χ0) is 15.0. The van der Waals surface area contributed by atoms with Gasteiger partial charge in [-0.15, -0.1) is 0 Å². The number of piperazine rings is 1. The standard InChI is InChI=1S/C14H20ClN3O2S/c15-12-5-3-6-13(16)14(12)21(19,20)18-9-8-17-7-2-1-4-11(17)10-18/h3,5-6,11H,1-2,4,7-10,16H2. The first-order valence-electron chi connectivity index (χ1n) is 7.28. The molecule has 2 aliphatic heterocycles. The molecule has 0 saturated carbocycles. The van der Waals surface area contributed by atoms with Crippen LogP contribution in [0.5, 0.6) is 0 Å². The molecular weight excluding hydrogens is 310 g/mol. The van der Waals surface area contributed by atoms with E-state index in [1.807, 2.05) is 0 Å². The molecule has 2 fully saturated rings. The topological polar surface area (TPSA) is 66.6 Å². The largest absolute Gasteiger partial charge is 0.398 e. The Morgan fingerprint density at radius 2 is 2.00 bits per heavy atom. The van der Waals surface area contributed by atoms with Gasteiger partial charge in [-0.1, -0.05) is 24.1 Å². The Kier molecular flexibility index (Phi) is 4.14. The van der Waals surface area contributed by atoms with Gasteiger partial charge in [0.1, 0.15) is 4.90 Å². The molecule has 1 atom stereocenters. The van der Waals surface area contributed by atoms with E-state index in [2.05, 4.69) is 4.90 Å². The summed E-state index contributed by atoms with van der Waals surface area (Å²) in [5.74, 6) is 0. The SMILES string of the molecule is Nc1cccc(Cl)c1S(=O)(=O)N1CCN2CCCCC2C1. The first-order valence-corrected chi connectivity index (χ1v) is 9.10. The van der Waals surface area contributed by atoms with Gasteiger partial charge in [0, 0.05) is 25.7 Å². The summed E-state index contributed by atoms with van der Waals surface area (Å²) in [7, 11) is -3.62. The lowest BCUT2D eigenvalue weighted by molar-refractivity contribution is 0.0852. The van der Waals surface area contributed by atoms with Crippen molar-refractivity contribution >= 4 is 27.3 Å². The van der Waals surface area contributed by atoms with Crippen LogP contribution in [-0.2, 0) is 10.0 Å². The maximum Gasteiger partial charge on any atom is 0.246 e. The average Bonchev–Trinajstić information content (AvgIpc) is 2.46. The van der Waals surface area contributed by atoms with Crippen LogP contribution < -0.4 is 5.73 Å². The number of piperidine rings is 1. The van der Waals surface area contributed by atoms with Crippen LogP contribution in [0.1, 0.15) is 19.3 Å². The maximum absolute atomic E-state index is 12.8. The predicted octanol–water partition coefficient (Wildman–Crippen LogP) is 1.78. The summed E-state index contributed by atoms with van der Waals surface area (Å²) in [4.78, 5) is 2.45. The predicted molar refractivity (Wildman–Crippen MR) is 83.8 cm³/mol. The van der Waals surface area contributed by atoms with Gasteiger partial charge >= 0.3 is 0 Å². The minimum Gasteiger partial charge on any atom is -0.398 e. The second-order valence-electron chi connectivity index (χ2n) is 5.71. The number of nitrogens with two attached hydrogens (primary N) is 1. The minimum absolute atomic E-state index is 0.0518. The maximum atomic E-state index is 12.8. The Labute approximate surface area is 130 Å². The molecule has 1 aromatic rings. The van der Waals surface area contributed by atoms with Crippen LogP contribution in [0.2, 0.25) is 5.02 Å². The quantitative estimate of drug-likeness (QED) is 0.840. The van der Waals surface area contributed by atoms with Gasteiger partial charge in [-0.05, 0) is 31.5 Å². The van der Waals surface area contributed by atoms with Gasteiger partial charge in [0.2, 0.25) is 10.0 Å². The lowest BCUT2D eigenvalue weighted by Gasteiger charge is -2.43. The highest BCUT2D eigenvalue weighted by atomic mass is 35.5. The number of fused-ring (bicyclic) bond motifs is 1. The van der Waals surface area contributed by atoms with Gasteiger partial charge in [0.05, 0.1) is 10.7 Å². The average molecular weight is 330 g/mol. The van der Waals surface area contributed by atoms with Crippen molar-refractivity contribution in [3.63, 3.8) is 0 Å². The number of nitrogen functional groups attached to an aromatic ring is 1. The Morgan fingerprint density at radius 1 is 1.19 bits per heavy atom. The highest BCUT2D eigenvalue weighted by Crippen LogP contribution is 2.32. The fraction of sp³-hybridized carbons (Fsp3) is 0.571. The van der Waals surface area contributed by atoms with Crippen LogP contribution in [-0.4, -0.2) is 49.8 Å². The molecule has 2 aliphatic rings. The third kappa shape index (κ3) is 2.77. The van der Waals surface area contributed by atoms with E-state index in [1.54, 1.807) is 18.2 Å². The van der Waals surface area contributed by atoms with Crippen LogP contribution in [0, 0.1) is 0 Å². The number of benzene rings is 1. The second-order valence-corrected chi connectivity index (χ2v) is 7.99. The Balaban J connectivity index is 1.89. The highest BCUT2D eigenvalue weighted by molar-refractivity contribution is 7.89. The minimum atomic E-state index is -3.62. The third-order valence-electron chi connectivity index (χ3n) is 4.40. The number of nitrogens with zero attached hydrogens (tertiary/aromatic N) is 2. The van der Waals surface area contributed by atoms with Crippen LogP contribution in [0.25, 0.3) is 0 Å². The van der Waals surface area contributed by atoms with Crippen LogP contribution >= 0.6 is 11.6 Å². The molecule has 7 heteroatoms. The van der Waals surface area contributed by atoms with Crippen LogP contribution in [0.15, 0.2) is 23.1 Å². The van der Waals surface area contributed by atoms with Gasteiger partial charge in [-0.2, -0.15) is 4.31 Å². The van der Waals surface area contributed by atoms with Crippen molar-refractivity contribution in [2.45, 2.75) is 30.2 Å². The molecule has 0 aromatic heterocycles. The van der Waals surface area contributed by atoms with E-state index in [-0.39, 0.29) is 15.6 Å². The summed E-state index contributed by atoms with van der Waals surface area (Å²) < 4.78 is 27.2. The number of hydrogen-bond acceptors (Lipinski definition) is 4. The van der Waals surface area contributed by atoms with E-state index in [4.69, 9.17) is 17.3 Å². The molecule has 0 bridgehead atoms. The molecule has 0 radical (unpaired) electrons. The zero-order valence-corrected chi connectivity index (χ0v) is 13.4. The Bertz CT molecular complexity index is 615. The number of sulfonamides is 1.